The normalized spacial score (nSPS) is 22.5. The fraction of sp³-hybridized carbons (Fsp3) is 0.200. The summed E-state index contributed by atoms with van der Waals surface area (Å²) in [6.45, 7) is 4.96. The molecule has 1 aliphatic heterocycles. The van der Waals surface area contributed by atoms with Crippen molar-refractivity contribution in [3.05, 3.63) is 167 Å². The Balaban J connectivity index is 1.16. The Morgan fingerprint density at radius 1 is 0.565 bits per heavy atom. The molecule has 6 aromatic rings. The number of rotatable bonds is 2. The zero-order valence-corrected chi connectivity index (χ0v) is 26.5. The predicted molar refractivity (Wildman–Crippen MR) is 191 cm³/mol. The van der Waals surface area contributed by atoms with Gasteiger partial charge < -0.3 is 4.90 Å². The lowest BCUT2D eigenvalue weighted by molar-refractivity contribution is 0.237. The van der Waals surface area contributed by atoms with E-state index in [2.05, 4.69) is 158 Å². The molecule has 1 heterocycles. The largest absolute Gasteiger partial charge is 0.335 e. The van der Waals surface area contributed by atoms with Crippen molar-refractivity contribution in [1.82, 2.24) is 0 Å². The third-order valence-electron chi connectivity index (χ3n) is 12.0. The van der Waals surface area contributed by atoms with Crippen molar-refractivity contribution in [3.8, 4) is 33.4 Å². The smallest absolute Gasteiger partial charge is 0.0725 e. The van der Waals surface area contributed by atoms with E-state index in [1.165, 1.54) is 91.8 Å². The maximum atomic E-state index is 2.67. The molecule has 3 atom stereocenters. The van der Waals surface area contributed by atoms with E-state index in [4.69, 9.17) is 0 Å². The lowest BCUT2D eigenvalue weighted by Crippen LogP contribution is -2.46. The summed E-state index contributed by atoms with van der Waals surface area (Å²) in [5.74, 6) is 1.27. The number of hydrogen-bond donors (Lipinski definition) is 0. The maximum absolute atomic E-state index is 2.67. The van der Waals surface area contributed by atoms with Gasteiger partial charge in [-0.3, -0.25) is 0 Å². The first-order chi connectivity index (χ1) is 22.6. The summed E-state index contributed by atoms with van der Waals surface area (Å²) in [5.41, 5.74) is 17.7. The minimum Gasteiger partial charge on any atom is -0.335 e. The molecule has 0 saturated heterocycles. The Hall–Kier alpha value is -4.88. The topological polar surface area (TPSA) is 3.24 Å². The van der Waals surface area contributed by atoms with Crippen molar-refractivity contribution in [2.75, 3.05) is 4.90 Å². The third kappa shape index (κ3) is 3.26. The number of benzene rings is 6. The van der Waals surface area contributed by atoms with Crippen LogP contribution in [-0.2, 0) is 5.41 Å². The maximum Gasteiger partial charge on any atom is 0.0725 e. The fourth-order valence-corrected chi connectivity index (χ4v) is 10.00. The summed E-state index contributed by atoms with van der Waals surface area (Å²) < 4.78 is 0. The van der Waals surface area contributed by atoms with E-state index in [9.17, 15) is 0 Å². The van der Waals surface area contributed by atoms with E-state index in [-0.39, 0.29) is 11.0 Å². The molecule has 1 fully saturated rings. The zero-order chi connectivity index (χ0) is 30.6. The number of anilines is 2. The quantitative estimate of drug-likeness (QED) is 0.193. The van der Waals surface area contributed by atoms with Gasteiger partial charge in [0.05, 0.1) is 5.41 Å². The number of nitrogens with zero attached hydrogens (tertiary/aromatic N) is 1. The Bertz CT molecular complexity index is 2150. The molecule has 3 unspecified atom stereocenters. The molecule has 4 aliphatic rings. The van der Waals surface area contributed by atoms with Crippen LogP contribution in [0.25, 0.3) is 33.4 Å². The van der Waals surface area contributed by atoms with Gasteiger partial charge in [0.15, 0.2) is 0 Å². The zero-order valence-electron chi connectivity index (χ0n) is 26.5. The lowest BCUT2D eigenvalue weighted by atomic mass is 9.69. The molecular weight excluding hydrogens is 555 g/mol. The van der Waals surface area contributed by atoms with Crippen LogP contribution in [0, 0.1) is 5.92 Å². The highest BCUT2D eigenvalue weighted by Gasteiger charge is 2.52. The fourth-order valence-electron chi connectivity index (χ4n) is 10.00. The van der Waals surface area contributed by atoms with Gasteiger partial charge in [-0.05, 0) is 124 Å². The molecule has 6 aromatic carbocycles. The molecule has 1 nitrogen and oxygen atoms in total. The van der Waals surface area contributed by atoms with Crippen molar-refractivity contribution in [1.29, 1.82) is 0 Å². The van der Waals surface area contributed by atoms with Crippen LogP contribution in [0.3, 0.4) is 0 Å². The third-order valence-corrected chi connectivity index (χ3v) is 12.0. The molecule has 3 aliphatic carbocycles. The highest BCUT2D eigenvalue weighted by atomic mass is 15.2. The highest BCUT2D eigenvalue weighted by Crippen LogP contribution is 2.63. The second-order valence-electron chi connectivity index (χ2n) is 14.4. The van der Waals surface area contributed by atoms with Gasteiger partial charge >= 0.3 is 0 Å². The summed E-state index contributed by atoms with van der Waals surface area (Å²) in [4.78, 5) is 2.67. The van der Waals surface area contributed by atoms with Crippen LogP contribution in [0.5, 0.6) is 0 Å². The predicted octanol–water partition coefficient (Wildman–Crippen LogP) is 11.5. The second kappa shape index (κ2) is 9.33. The molecular formula is C45H37N. The van der Waals surface area contributed by atoms with Gasteiger partial charge in [-0.25, -0.2) is 0 Å². The van der Waals surface area contributed by atoms with Gasteiger partial charge in [-0.2, -0.15) is 0 Å². The van der Waals surface area contributed by atoms with Crippen molar-refractivity contribution in [3.63, 3.8) is 0 Å². The van der Waals surface area contributed by atoms with E-state index >= 15 is 0 Å². The van der Waals surface area contributed by atoms with Crippen molar-refractivity contribution in [2.45, 2.75) is 50.0 Å². The van der Waals surface area contributed by atoms with Gasteiger partial charge in [0.1, 0.15) is 0 Å². The Morgan fingerprint density at radius 2 is 1.11 bits per heavy atom. The van der Waals surface area contributed by atoms with Crippen molar-refractivity contribution in [2.24, 2.45) is 5.92 Å². The Morgan fingerprint density at radius 3 is 1.78 bits per heavy atom. The monoisotopic (exact) mass is 591 g/mol. The van der Waals surface area contributed by atoms with Gasteiger partial charge in [0.25, 0.3) is 0 Å². The van der Waals surface area contributed by atoms with Gasteiger partial charge in [0, 0.05) is 22.8 Å². The molecule has 0 aromatic heterocycles. The molecule has 1 heteroatoms. The van der Waals surface area contributed by atoms with E-state index < -0.39 is 0 Å². The van der Waals surface area contributed by atoms with Crippen molar-refractivity contribution < 1.29 is 0 Å². The molecule has 0 radical (unpaired) electrons. The molecule has 10 rings (SSSR count). The van der Waals surface area contributed by atoms with Crippen LogP contribution in [0.4, 0.5) is 11.4 Å². The first kappa shape index (κ1) is 26.3. The standard InChI is InChI=1S/C45H37N/c1-29-24-25-44(2)42(26-29)37-28-31(21-23-43(37)46(44)32-12-4-3-5-13-32)30-20-22-41-36(27-30)35-16-8-11-19-40(35)45(41)38-17-9-6-14-33(38)34-15-7-10-18-39(34)45/h3-23,27-29,42H,24-26H2,1-2H3. The van der Waals surface area contributed by atoms with E-state index in [0.29, 0.717) is 5.92 Å². The first-order valence-electron chi connectivity index (χ1n) is 17.0. The first-order valence-corrected chi connectivity index (χ1v) is 17.0. The summed E-state index contributed by atoms with van der Waals surface area (Å²) in [5, 5.41) is 0. The second-order valence-corrected chi connectivity index (χ2v) is 14.4. The number of fused-ring (bicyclic) bond motifs is 13. The van der Waals surface area contributed by atoms with Gasteiger partial charge in [-0.1, -0.05) is 116 Å². The lowest BCUT2D eigenvalue weighted by Gasteiger charge is -2.45. The summed E-state index contributed by atoms with van der Waals surface area (Å²) >= 11 is 0. The van der Waals surface area contributed by atoms with Crippen LogP contribution in [0.1, 0.15) is 66.8 Å². The number of hydrogen-bond acceptors (Lipinski definition) is 1. The molecule has 46 heavy (non-hydrogen) atoms. The minimum absolute atomic E-state index is 0.0985. The van der Waals surface area contributed by atoms with E-state index in [1.54, 1.807) is 0 Å². The van der Waals surface area contributed by atoms with Crippen LogP contribution in [-0.4, -0.2) is 5.54 Å². The van der Waals surface area contributed by atoms with Crippen LogP contribution in [0.2, 0.25) is 0 Å². The Kier molecular flexibility index (Phi) is 5.34. The molecule has 0 N–H and O–H groups in total. The van der Waals surface area contributed by atoms with Gasteiger partial charge in [-0.15, -0.1) is 0 Å². The van der Waals surface area contributed by atoms with Crippen LogP contribution >= 0.6 is 0 Å². The summed E-state index contributed by atoms with van der Waals surface area (Å²) in [6, 6.07) is 53.0. The highest BCUT2D eigenvalue weighted by molar-refractivity contribution is 5.96. The minimum atomic E-state index is -0.286. The number of para-hydroxylation sites is 1. The van der Waals surface area contributed by atoms with Crippen molar-refractivity contribution >= 4 is 11.4 Å². The SMILES string of the molecule is CC1CCC2(C)C(C1)c1cc(-c3ccc4c(c3)-c3ccccc3C43c4ccccc4-c4ccccc43)ccc1N2c1ccccc1. The molecule has 222 valence electrons. The molecule has 0 amide bonds. The Labute approximate surface area is 272 Å². The summed E-state index contributed by atoms with van der Waals surface area (Å²) in [6.07, 6.45) is 3.75. The molecule has 1 spiro atoms. The van der Waals surface area contributed by atoms with E-state index in [1.807, 2.05) is 0 Å². The van der Waals surface area contributed by atoms with Crippen LogP contribution in [0.15, 0.2) is 140 Å². The van der Waals surface area contributed by atoms with E-state index in [0.717, 1.165) is 5.92 Å². The molecule has 1 saturated carbocycles. The molecule has 0 bridgehead atoms. The summed E-state index contributed by atoms with van der Waals surface area (Å²) in [7, 11) is 0. The van der Waals surface area contributed by atoms with Gasteiger partial charge in [0.2, 0.25) is 0 Å². The van der Waals surface area contributed by atoms with Crippen LogP contribution < -0.4 is 4.90 Å². The average Bonchev–Trinajstić information content (AvgIpc) is 3.67. The average molecular weight is 592 g/mol.